The van der Waals surface area contributed by atoms with Crippen molar-refractivity contribution < 1.29 is 0 Å². The van der Waals surface area contributed by atoms with Crippen LogP contribution in [0.2, 0.25) is 0 Å². The quantitative estimate of drug-likeness (QED) is 0.810. The minimum atomic E-state index is 0.289. The molecule has 88 valence electrons. The summed E-state index contributed by atoms with van der Waals surface area (Å²) in [4.78, 5) is 0. The standard InChI is InChI=1S/C14H21NS/c1-12(13-8-6-5-7-9-13)10-15-11-14(2,3)16-4/h5-9,15H,1,10-11H2,2-4H3. The zero-order valence-electron chi connectivity index (χ0n) is 10.4. The second kappa shape index (κ2) is 6.12. The molecule has 1 nitrogen and oxygen atoms in total. The van der Waals surface area contributed by atoms with Crippen molar-refractivity contribution in [3.63, 3.8) is 0 Å². The Morgan fingerprint density at radius 2 is 1.94 bits per heavy atom. The highest BCUT2D eigenvalue weighted by Gasteiger charge is 2.14. The van der Waals surface area contributed by atoms with Crippen LogP contribution in [0.3, 0.4) is 0 Å². The third-order valence-electron chi connectivity index (χ3n) is 2.62. The molecule has 0 bridgehead atoms. The Labute approximate surface area is 103 Å². The Bertz CT molecular complexity index is 330. The van der Waals surface area contributed by atoms with Gasteiger partial charge in [-0.25, -0.2) is 0 Å². The van der Waals surface area contributed by atoms with Crippen LogP contribution in [-0.2, 0) is 0 Å². The van der Waals surface area contributed by atoms with Crippen molar-refractivity contribution in [1.29, 1.82) is 0 Å². The van der Waals surface area contributed by atoms with Crippen molar-refractivity contribution in [2.45, 2.75) is 18.6 Å². The van der Waals surface area contributed by atoms with Crippen molar-refractivity contribution >= 4 is 17.3 Å². The molecule has 1 rings (SSSR count). The molecule has 2 heteroatoms. The molecule has 0 saturated heterocycles. The Balaban J connectivity index is 2.37. The van der Waals surface area contributed by atoms with Gasteiger partial charge < -0.3 is 5.32 Å². The lowest BCUT2D eigenvalue weighted by Crippen LogP contribution is -2.32. The van der Waals surface area contributed by atoms with Crippen LogP contribution in [0.4, 0.5) is 0 Å². The molecule has 0 aliphatic carbocycles. The normalized spacial score (nSPS) is 11.4. The lowest BCUT2D eigenvalue weighted by molar-refractivity contribution is 0.625. The molecule has 0 atom stereocenters. The smallest absolute Gasteiger partial charge is 0.0225 e. The summed E-state index contributed by atoms with van der Waals surface area (Å²) in [5.74, 6) is 0. The first-order chi connectivity index (χ1) is 7.55. The molecule has 16 heavy (non-hydrogen) atoms. The maximum absolute atomic E-state index is 4.10. The fourth-order valence-corrected chi connectivity index (χ4v) is 1.61. The van der Waals surface area contributed by atoms with Crippen LogP contribution >= 0.6 is 11.8 Å². The first-order valence-corrected chi connectivity index (χ1v) is 6.77. The summed E-state index contributed by atoms with van der Waals surface area (Å²) < 4.78 is 0.289. The second-order valence-corrected chi connectivity index (χ2v) is 6.05. The summed E-state index contributed by atoms with van der Waals surface area (Å²) >= 11 is 1.88. The van der Waals surface area contributed by atoms with Crippen molar-refractivity contribution in [3.8, 4) is 0 Å². The van der Waals surface area contributed by atoms with Crippen molar-refractivity contribution in [1.82, 2.24) is 5.32 Å². The van der Waals surface area contributed by atoms with E-state index in [4.69, 9.17) is 0 Å². The van der Waals surface area contributed by atoms with Crippen LogP contribution in [0.15, 0.2) is 36.9 Å². The summed E-state index contributed by atoms with van der Waals surface area (Å²) in [5.41, 5.74) is 2.37. The lowest BCUT2D eigenvalue weighted by atomic mass is 10.1. The highest BCUT2D eigenvalue weighted by molar-refractivity contribution is 7.99. The molecule has 0 aliphatic heterocycles. The molecule has 0 aliphatic rings. The van der Waals surface area contributed by atoms with Crippen LogP contribution in [0.5, 0.6) is 0 Å². The van der Waals surface area contributed by atoms with Gasteiger partial charge in [-0.2, -0.15) is 11.8 Å². The van der Waals surface area contributed by atoms with E-state index in [-0.39, 0.29) is 4.75 Å². The molecule has 0 spiro atoms. The van der Waals surface area contributed by atoms with Gasteiger partial charge in [-0.3, -0.25) is 0 Å². The van der Waals surface area contributed by atoms with Gasteiger partial charge in [0, 0.05) is 17.8 Å². The third kappa shape index (κ3) is 4.42. The van der Waals surface area contributed by atoms with Gasteiger partial charge in [0.25, 0.3) is 0 Å². The minimum absolute atomic E-state index is 0.289. The van der Waals surface area contributed by atoms with Gasteiger partial charge in [-0.15, -0.1) is 0 Å². The van der Waals surface area contributed by atoms with E-state index in [1.807, 2.05) is 30.0 Å². The highest BCUT2D eigenvalue weighted by Crippen LogP contribution is 2.19. The first kappa shape index (κ1) is 13.3. The Morgan fingerprint density at radius 1 is 1.31 bits per heavy atom. The second-order valence-electron chi connectivity index (χ2n) is 4.54. The molecule has 0 saturated carbocycles. The van der Waals surface area contributed by atoms with Crippen LogP contribution in [0, 0.1) is 0 Å². The van der Waals surface area contributed by atoms with E-state index in [0.29, 0.717) is 0 Å². The maximum atomic E-state index is 4.10. The first-order valence-electron chi connectivity index (χ1n) is 5.54. The fourth-order valence-electron chi connectivity index (χ4n) is 1.36. The topological polar surface area (TPSA) is 12.0 Å². The van der Waals surface area contributed by atoms with E-state index < -0.39 is 0 Å². The Hall–Kier alpha value is -0.730. The Morgan fingerprint density at radius 3 is 2.50 bits per heavy atom. The molecule has 0 radical (unpaired) electrons. The van der Waals surface area contributed by atoms with Gasteiger partial charge in [0.1, 0.15) is 0 Å². The number of thioether (sulfide) groups is 1. The summed E-state index contributed by atoms with van der Waals surface area (Å²) in [6.07, 6.45) is 2.15. The van der Waals surface area contributed by atoms with Crippen LogP contribution in [-0.4, -0.2) is 24.1 Å². The zero-order valence-corrected chi connectivity index (χ0v) is 11.2. The van der Waals surface area contributed by atoms with Gasteiger partial charge in [0.2, 0.25) is 0 Å². The van der Waals surface area contributed by atoms with E-state index in [0.717, 1.165) is 18.7 Å². The SMILES string of the molecule is C=C(CNCC(C)(C)SC)c1ccccc1. The highest BCUT2D eigenvalue weighted by atomic mass is 32.2. The number of hydrogen-bond acceptors (Lipinski definition) is 2. The lowest BCUT2D eigenvalue weighted by Gasteiger charge is -2.22. The number of hydrogen-bond donors (Lipinski definition) is 1. The minimum Gasteiger partial charge on any atom is -0.311 e. The number of benzene rings is 1. The molecule has 0 amide bonds. The summed E-state index contributed by atoms with van der Waals surface area (Å²) in [6, 6.07) is 10.3. The summed E-state index contributed by atoms with van der Waals surface area (Å²) in [5, 5.41) is 3.45. The van der Waals surface area contributed by atoms with Gasteiger partial charge in [-0.05, 0) is 31.2 Å². The number of rotatable bonds is 6. The van der Waals surface area contributed by atoms with Crippen LogP contribution < -0.4 is 5.32 Å². The average Bonchev–Trinajstić information content (AvgIpc) is 2.30. The van der Waals surface area contributed by atoms with E-state index >= 15 is 0 Å². The molecule has 0 unspecified atom stereocenters. The van der Waals surface area contributed by atoms with E-state index in [1.165, 1.54) is 5.56 Å². The van der Waals surface area contributed by atoms with Crippen molar-refractivity contribution in [2.75, 3.05) is 19.3 Å². The largest absolute Gasteiger partial charge is 0.311 e. The van der Waals surface area contributed by atoms with Crippen molar-refractivity contribution in [3.05, 3.63) is 42.5 Å². The monoisotopic (exact) mass is 235 g/mol. The van der Waals surface area contributed by atoms with Gasteiger partial charge in [0.15, 0.2) is 0 Å². The van der Waals surface area contributed by atoms with E-state index in [2.05, 4.69) is 44.1 Å². The summed E-state index contributed by atoms with van der Waals surface area (Å²) in [6.45, 7) is 10.4. The maximum Gasteiger partial charge on any atom is 0.0225 e. The predicted octanol–water partition coefficient (Wildman–Crippen LogP) is 3.43. The van der Waals surface area contributed by atoms with Gasteiger partial charge in [-0.1, -0.05) is 36.9 Å². The molecular weight excluding hydrogens is 214 g/mol. The molecule has 0 aromatic heterocycles. The van der Waals surface area contributed by atoms with Crippen LogP contribution in [0.1, 0.15) is 19.4 Å². The fraction of sp³-hybridized carbons (Fsp3) is 0.429. The van der Waals surface area contributed by atoms with Gasteiger partial charge in [0.05, 0.1) is 0 Å². The zero-order chi connectivity index (χ0) is 12.0. The summed E-state index contributed by atoms with van der Waals surface area (Å²) in [7, 11) is 0. The Kier molecular flexibility index (Phi) is 5.10. The van der Waals surface area contributed by atoms with Crippen molar-refractivity contribution in [2.24, 2.45) is 0 Å². The van der Waals surface area contributed by atoms with E-state index in [1.54, 1.807) is 0 Å². The molecular formula is C14H21NS. The van der Waals surface area contributed by atoms with Gasteiger partial charge >= 0.3 is 0 Å². The molecule has 0 fully saturated rings. The number of nitrogens with one attached hydrogen (secondary N) is 1. The molecule has 1 N–H and O–H groups in total. The predicted molar refractivity (Wildman–Crippen MR) is 75.9 cm³/mol. The molecule has 1 aromatic rings. The van der Waals surface area contributed by atoms with Crippen LogP contribution in [0.25, 0.3) is 5.57 Å². The van der Waals surface area contributed by atoms with E-state index in [9.17, 15) is 0 Å². The molecule has 0 heterocycles. The third-order valence-corrected chi connectivity index (χ3v) is 3.87. The molecule has 1 aromatic carbocycles. The average molecular weight is 235 g/mol.